The van der Waals surface area contributed by atoms with Crippen LogP contribution in [0.2, 0.25) is 0 Å². The van der Waals surface area contributed by atoms with Gasteiger partial charge in [0.05, 0.1) is 19.8 Å². The molecule has 1 amide bonds. The van der Waals surface area contributed by atoms with Gasteiger partial charge in [-0.25, -0.2) is 0 Å². The molecule has 0 saturated heterocycles. The Labute approximate surface area is 145 Å². The van der Waals surface area contributed by atoms with Gasteiger partial charge >= 0.3 is 0 Å². The number of methoxy groups -OCH3 is 2. The number of benzene rings is 1. The zero-order valence-corrected chi connectivity index (χ0v) is 15.3. The minimum Gasteiger partial charge on any atom is -0.497 e. The van der Waals surface area contributed by atoms with Gasteiger partial charge in [0, 0.05) is 6.54 Å². The minimum atomic E-state index is -0.789. The number of aryl methyl sites for hydroxylation is 1. The van der Waals surface area contributed by atoms with Gasteiger partial charge in [0.2, 0.25) is 5.91 Å². The highest BCUT2D eigenvalue weighted by atomic mass is 35.5. The van der Waals surface area contributed by atoms with Crippen molar-refractivity contribution >= 4 is 18.3 Å². The van der Waals surface area contributed by atoms with Crippen LogP contribution in [0.5, 0.6) is 11.5 Å². The van der Waals surface area contributed by atoms with Crippen LogP contribution in [-0.4, -0.2) is 32.2 Å². The summed E-state index contributed by atoms with van der Waals surface area (Å²) in [5.41, 5.74) is 6.28. The van der Waals surface area contributed by atoms with Crippen LogP contribution in [-0.2, 0) is 11.2 Å². The Balaban J connectivity index is 0.00000484. The number of rotatable bonds is 9. The molecule has 0 saturated carbocycles. The molecule has 0 radical (unpaired) electrons. The number of ether oxygens (including phenoxy) is 2. The lowest BCUT2D eigenvalue weighted by molar-refractivity contribution is -0.126. The van der Waals surface area contributed by atoms with Crippen molar-refractivity contribution in [3.05, 3.63) is 23.8 Å². The van der Waals surface area contributed by atoms with Crippen molar-refractivity contribution in [2.45, 2.75) is 45.1 Å². The molecule has 1 rings (SSSR count). The molecule has 3 N–H and O–H groups in total. The average Bonchev–Trinajstić information content (AvgIpc) is 2.50. The summed E-state index contributed by atoms with van der Waals surface area (Å²) in [5.74, 6) is 1.55. The van der Waals surface area contributed by atoms with Gasteiger partial charge in [-0.1, -0.05) is 13.3 Å². The number of amides is 1. The Bertz CT molecular complexity index is 493. The van der Waals surface area contributed by atoms with Crippen LogP contribution in [0.3, 0.4) is 0 Å². The molecule has 1 aromatic rings. The minimum absolute atomic E-state index is 0. The number of halogens is 1. The molecule has 0 aliphatic heterocycles. The number of nitrogens with one attached hydrogen (secondary N) is 1. The molecule has 0 aromatic heterocycles. The van der Waals surface area contributed by atoms with Crippen molar-refractivity contribution < 1.29 is 14.3 Å². The summed E-state index contributed by atoms with van der Waals surface area (Å²) in [7, 11) is 3.29. The Hall–Kier alpha value is -1.46. The van der Waals surface area contributed by atoms with E-state index in [1.807, 2.05) is 25.1 Å². The molecule has 1 unspecified atom stereocenters. The third kappa shape index (κ3) is 6.67. The van der Waals surface area contributed by atoms with Crippen molar-refractivity contribution in [3.63, 3.8) is 0 Å². The molecule has 5 nitrogen and oxygen atoms in total. The second-order valence-electron chi connectivity index (χ2n) is 5.70. The number of carbonyl (C=O) groups excluding carboxylic acids is 1. The van der Waals surface area contributed by atoms with Gasteiger partial charge in [-0.2, -0.15) is 0 Å². The summed E-state index contributed by atoms with van der Waals surface area (Å²) in [6.07, 6.45) is 3.19. The third-order valence-corrected chi connectivity index (χ3v) is 3.68. The lowest BCUT2D eigenvalue weighted by atomic mass is 9.96. The van der Waals surface area contributed by atoms with E-state index in [0.29, 0.717) is 13.0 Å². The van der Waals surface area contributed by atoms with E-state index in [-0.39, 0.29) is 18.3 Å². The van der Waals surface area contributed by atoms with E-state index in [0.717, 1.165) is 36.3 Å². The van der Waals surface area contributed by atoms with Crippen LogP contribution in [0.1, 0.15) is 38.7 Å². The van der Waals surface area contributed by atoms with E-state index in [1.165, 1.54) is 0 Å². The number of carbonyl (C=O) groups is 1. The summed E-state index contributed by atoms with van der Waals surface area (Å²) < 4.78 is 10.6. The zero-order valence-electron chi connectivity index (χ0n) is 14.5. The van der Waals surface area contributed by atoms with Gasteiger partial charge in [0.25, 0.3) is 0 Å². The normalized spacial score (nSPS) is 12.7. The molecule has 0 fully saturated rings. The smallest absolute Gasteiger partial charge is 0.239 e. The molecule has 0 bridgehead atoms. The maximum absolute atomic E-state index is 12.0. The fourth-order valence-corrected chi connectivity index (χ4v) is 2.39. The van der Waals surface area contributed by atoms with Crippen LogP contribution < -0.4 is 20.5 Å². The summed E-state index contributed by atoms with van der Waals surface area (Å²) in [6, 6.07) is 5.73. The second kappa shape index (κ2) is 10.3. The SMILES string of the molecule is CCCC(C)(N)C(=O)NCCCc1cc(OC)ccc1OC.Cl. The number of nitrogens with two attached hydrogens (primary N) is 1. The Morgan fingerprint density at radius 2 is 2.00 bits per heavy atom. The molecule has 0 heterocycles. The van der Waals surface area contributed by atoms with Crippen molar-refractivity contribution in [2.24, 2.45) is 5.73 Å². The highest BCUT2D eigenvalue weighted by molar-refractivity contribution is 5.85. The van der Waals surface area contributed by atoms with E-state index in [9.17, 15) is 4.79 Å². The summed E-state index contributed by atoms with van der Waals surface area (Å²) in [4.78, 5) is 12.0. The van der Waals surface area contributed by atoms with E-state index in [1.54, 1.807) is 21.1 Å². The third-order valence-electron chi connectivity index (χ3n) is 3.68. The summed E-state index contributed by atoms with van der Waals surface area (Å²) >= 11 is 0. The number of hydrogen-bond acceptors (Lipinski definition) is 4. The monoisotopic (exact) mass is 344 g/mol. The number of hydrogen-bond donors (Lipinski definition) is 2. The van der Waals surface area contributed by atoms with Gasteiger partial charge in [-0.3, -0.25) is 4.79 Å². The topological polar surface area (TPSA) is 73.6 Å². The molecule has 0 aliphatic rings. The largest absolute Gasteiger partial charge is 0.497 e. The molecule has 6 heteroatoms. The fourth-order valence-electron chi connectivity index (χ4n) is 2.39. The van der Waals surface area contributed by atoms with Gasteiger partial charge < -0.3 is 20.5 Å². The van der Waals surface area contributed by atoms with E-state index < -0.39 is 5.54 Å². The van der Waals surface area contributed by atoms with E-state index in [4.69, 9.17) is 15.2 Å². The van der Waals surface area contributed by atoms with Crippen LogP contribution >= 0.6 is 12.4 Å². The van der Waals surface area contributed by atoms with Gasteiger partial charge in [-0.05, 0) is 49.9 Å². The molecule has 0 aliphatic carbocycles. The maximum atomic E-state index is 12.0. The highest BCUT2D eigenvalue weighted by Crippen LogP contribution is 2.24. The van der Waals surface area contributed by atoms with Crippen LogP contribution in [0.4, 0.5) is 0 Å². The molecule has 0 spiro atoms. The van der Waals surface area contributed by atoms with Crippen LogP contribution in [0.25, 0.3) is 0 Å². The first-order valence-corrected chi connectivity index (χ1v) is 7.72. The van der Waals surface area contributed by atoms with E-state index >= 15 is 0 Å². The van der Waals surface area contributed by atoms with Gasteiger partial charge in [0.1, 0.15) is 11.5 Å². The van der Waals surface area contributed by atoms with E-state index in [2.05, 4.69) is 5.32 Å². The summed E-state index contributed by atoms with van der Waals surface area (Å²) in [6.45, 7) is 4.39. The van der Waals surface area contributed by atoms with Crippen LogP contribution in [0, 0.1) is 0 Å². The second-order valence-corrected chi connectivity index (χ2v) is 5.70. The fraction of sp³-hybridized carbons (Fsp3) is 0.588. The van der Waals surface area contributed by atoms with Crippen molar-refractivity contribution in [1.82, 2.24) is 5.32 Å². The van der Waals surface area contributed by atoms with Crippen molar-refractivity contribution in [1.29, 1.82) is 0 Å². The molecule has 1 aromatic carbocycles. The Morgan fingerprint density at radius 3 is 2.57 bits per heavy atom. The predicted molar refractivity (Wildman–Crippen MR) is 95.6 cm³/mol. The standard InChI is InChI=1S/C17H28N2O3.ClH/c1-5-10-17(2,18)16(20)19-11-6-7-13-12-14(21-3)8-9-15(13)22-4;/h8-9,12H,5-7,10-11,18H2,1-4H3,(H,19,20);1H. The average molecular weight is 345 g/mol. The molecular formula is C17H29ClN2O3. The van der Waals surface area contributed by atoms with Crippen molar-refractivity contribution in [2.75, 3.05) is 20.8 Å². The first-order chi connectivity index (χ1) is 10.4. The predicted octanol–water partition coefficient (Wildman–Crippen LogP) is 2.69. The van der Waals surface area contributed by atoms with Crippen LogP contribution in [0.15, 0.2) is 18.2 Å². The summed E-state index contributed by atoms with van der Waals surface area (Å²) in [5, 5.41) is 2.91. The first-order valence-electron chi connectivity index (χ1n) is 7.72. The first kappa shape index (κ1) is 21.5. The molecule has 1 atom stereocenters. The highest BCUT2D eigenvalue weighted by Gasteiger charge is 2.26. The Morgan fingerprint density at radius 1 is 1.30 bits per heavy atom. The lowest BCUT2D eigenvalue weighted by Crippen LogP contribution is -2.51. The molecular weight excluding hydrogens is 316 g/mol. The van der Waals surface area contributed by atoms with Gasteiger partial charge in [-0.15, -0.1) is 12.4 Å². The molecule has 23 heavy (non-hydrogen) atoms. The molecule has 132 valence electrons. The zero-order chi connectivity index (χ0) is 16.6. The van der Waals surface area contributed by atoms with Gasteiger partial charge in [0.15, 0.2) is 0 Å². The Kier molecular flexibility index (Phi) is 9.68. The lowest BCUT2D eigenvalue weighted by Gasteiger charge is -2.22. The van der Waals surface area contributed by atoms with Crippen molar-refractivity contribution in [3.8, 4) is 11.5 Å². The maximum Gasteiger partial charge on any atom is 0.239 e. The quantitative estimate of drug-likeness (QED) is 0.675.